The zero-order valence-corrected chi connectivity index (χ0v) is 14.0. The maximum atomic E-state index is 5.30. The van der Waals surface area contributed by atoms with Gasteiger partial charge in [0.1, 0.15) is 0 Å². The molecule has 1 atom stereocenters. The third kappa shape index (κ3) is 4.81. The highest BCUT2D eigenvalue weighted by atomic mass is 32.1. The minimum Gasteiger partial charge on any atom is -0.331 e. The average Bonchev–Trinajstić information content (AvgIpc) is 2.47. The third-order valence-corrected chi connectivity index (χ3v) is 4.22. The molecule has 1 aliphatic rings. The average molecular weight is 303 g/mol. The fourth-order valence-corrected chi connectivity index (χ4v) is 2.73. The second-order valence-electron chi connectivity index (χ2n) is 6.09. The minimum atomic E-state index is 0.545. The van der Waals surface area contributed by atoms with E-state index < -0.39 is 0 Å². The van der Waals surface area contributed by atoms with Crippen LogP contribution in [-0.4, -0.2) is 10.8 Å². The second-order valence-corrected chi connectivity index (χ2v) is 6.50. The zero-order chi connectivity index (χ0) is 15.2. The van der Waals surface area contributed by atoms with Gasteiger partial charge in [-0.2, -0.15) is 5.10 Å². The van der Waals surface area contributed by atoms with Gasteiger partial charge in [-0.1, -0.05) is 39.3 Å². The van der Waals surface area contributed by atoms with E-state index >= 15 is 0 Å². The fraction of sp³-hybridized carbons (Fsp3) is 0.529. The van der Waals surface area contributed by atoms with Gasteiger partial charge in [-0.3, -0.25) is 5.43 Å². The van der Waals surface area contributed by atoms with Crippen molar-refractivity contribution in [2.75, 3.05) is 5.32 Å². The first-order chi connectivity index (χ1) is 10.1. The summed E-state index contributed by atoms with van der Waals surface area (Å²) in [7, 11) is 0. The molecule has 2 N–H and O–H groups in total. The fourth-order valence-electron chi connectivity index (χ4n) is 2.57. The summed E-state index contributed by atoms with van der Waals surface area (Å²) < 4.78 is 0. The van der Waals surface area contributed by atoms with E-state index in [9.17, 15) is 0 Å². The predicted octanol–water partition coefficient (Wildman–Crippen LogP) is 4.66. The highest BCUT2D eigenvalue weighted by molar-refractivity contribution is 7.80. The molecule has 0 unspecified atom stereocenters. The highest BCUT2D eigenvalue weighted by Gasteiger charge is 2.15. The smallest absolute Gasteiger partial charge is 0.191 e. The van der Waals surface area contributed by atoms with Gasteiger partial charge >= 0.3 is 0 Å². The van der Waals surface area contributed by atoms with E-state index in [-0.39, 0.29) is 0 Å². The third-order valence-electron chi connectivity index (χ3n) is 4.03. The maximum Gasteiger partial charge on any atom is 0.191 e. The van der Waals surface area contributed by atoms with Crippen LogP contribution in [0, 0.1) is 5.92 Å². The molecule has 1 aliphatic carbocycles. The molecule has 0 heterocycles. The maximum absolute atomic E-state index is 5.30. The molecule has 1 aromatic rings. The molecule has 0 bridgehead atoms. The molecule has 0 aliphatic heterocycles. The summed E-state index contributed by atoms with van der Waals surface area (Å²) in [6, 6.07) is 8.37. The van der Waals surface area contributed by atoms with Crippen LogP contribution in [0.4, 0.5) is 5.69 Å². The number of hydrazone groups is 1. The Morgan fingerprint density at radius 1 is 1.24 bits per heavy atom. The number of hydrogen-bond donors (Lipinski definition) is 2. The molecule has 0 radical (unpaired) electrons. The molecule has 1 saturated carbocycles. The van der Waals surface area contributed by atoms with E-state index in [1.165, 1.54) is 30.5 Å². The number of benzene rings is 1. The van der Waals surface area contributed by atoms with Crippen molar-refractivity contribution in [2.45, 2.75) is 52.4 Å². The van der Waals surface area contributed by atoms with Gasteiger partial charge < -0.3 is 5.32 Å². The van der Waals surface area contributed by atoms with Gasteiger partial charge in [0, 0.05) is 11.4 Å². The van der Waals surface area contributed by atoms with Crippen LogP contribution in [0.25, 0.3) is 0 Å². The summed E-state index contributed by atoms with van der Waals surface area (Å²) in [5.74, 6) is 1.11. The molecule has 0 spiro atoms. The van der Waals surface area contributed by atoms with E-state index in [0.29, 0.717) is 16.9 Å². The van der Waals surface area contributed by atoms with E-state index in [4.69, 9.17) is 12.2 Å². The van der Waals surface area contributed by atoms with E-state index in [2.05, 4.69) is 60.9 Å². The lowest BCUT2D eigenvalue weighted by atomic mass is 9.89. The molecule has 21 heavy (non-hydrogen) atoms. The Labute approximate surface area is 133 Å². The SMILES string of the molecule is CC(C)c1ccc(NC(=S)NN=C2CCCC[C@H]2C)cc1. The predicted molar refractivity (Wildman–Crippen MR) is 95.0 cm³/mol. The first-order valence-electron chi connectivity index (χ1n) is 7.79. The Hall–Kier alpha value is -1.42. The van der Waals surface area contributed by atoms with Gasteiger partial charge in [-0.25, -0.2) is 0 Å². The number of rotatable bonds is 3. The van der Waals surface area contributed by atoms with Crippen LogP contribution in [0.5, 0.6) is 0 Å². The lowest BCUT2D eigenvalue weighted by Gasteiger charge is -2.20. The van der Waals surface area contributed by atoms with Gasteiger partial charge in [0.05, 0.1) is 0 Å². The Bertz CT molecular complexity index is 505. The summed E-state index contributed by atoms with van der Waals surface area (Å²) in [5, 5.41) is 8.20. The van der Waals surface area contributed by atoms with E-state index in [1.54, 1.807) is 0 Å². The Morgan fingerprint density at radius 2 is 1.95 bits per heavy atom. The Morgan fingerprint density at radius 3 is 2.57 bits per heavy atom. The van der Waals surface area contributed by atoms with Crippen molar-refractivity contribution in [1.82, 2.24) is 5.43 Å². The highest BCUT2D eigenvalue weighted by Crippen LogP contribution is 2.20. The van der Waals surface area contributed by atoms with Crippen LogP contribution in [0.1, 0.15) is 57.9 Å². The van der Waals surface area contributed by atoms with Gasteiger partial charge in [0.15, 0.2) is 5.11 Å². The summed E-state index contributed by atoms with van der Waals surface area (Å²) in [6.45, 7) is 6.62. The van der Waals surface area contributed by atoms with Crippen LogP contribution in [0.3, 0.4) is 0 Å². The number of hydrogen-bond acceptors (Lipinski definition) is 2. The van der Waals surface area contributed by atoms with Crippen LogP contribution >= 0.6 is 12.2 Å². The molecule has 3 nitrogen and oxygen atoms in total. The standard InChI is InChI=1S/C17H25N3S/c1-12(2)14-8-10-15(11-9-14)18-17(21)20-19-16-7-5-4-6-13(16)3/h8-13H,4-7H2,1-3H3,(H2,18,20,21)/t13-/m1/s1. The van der Waals surface area contributed by atoms with Crippen molar-refractivity contribution >= 4 is 28.7 Å². The molecule has 2 rings (SSSR count). The lowest BCUT2D eigenvalue weighted by molar-refractivity contribution is 0.555. The lowest BCUT2D eigenvalue weighted by Crippen LogP contribution is -2.27. The normalized spacial score (nSPS) is 20.6. The quantitative estimate of drug-likeness (QED) is 0.629. The molecule has 1 fully saturated rings. The minimum absolute atomic E-state index is 0.545. The van der Waals surface area contributed by atoms with Gasteiger partial charge in [0.25, 0.3) is 0 Å². The van der Waals surface area contributed by atoms with Crippen LogP contribution in [0.15, 0.2) is 29.4 Å². The summed E-state index contributed by atoms with van der Waals surface area (Å²) in [5.41, 5.74) is 6.54. The van der Waals surface area contributed by atoms with E-state index in [1.807, 2.05) is 0 Å². The Kier molecular flexibility index (Phi) is 5.74. The van der Waals surface area contributed by atoms with Gasteiger partial charge in [0.2, 0.25) is 0 Å². The first kappa shape index (κ1) is 16.0. The monoisotopic (exact) mass is 303 g/mol. The second kappa shape index (κ2) is 7.55. The topological polar surface area (TPSA) is 36.4 Å². The van der Waals surface area contributed by atoms with Crippen molar-refractivity contribution in [3.63, 3.8) is 0 Å². The van der Waals surface area contributed by atoms with Crippen molar-refractivity contribution < 1.29 is 0 Å². The van der Waals surface area contributed by atoms with Crippen LogP contribution in [0.2, 0.25) is 0 Å². The molecular formula is C17H25N3S. The number of nitrogens with one attached hydrogen (secondary N) is 2. The van der Waals surface area contributed by atoms with Crippen molar-refractivity contribution in [1.29, 1.82) is 0 Å². The van der Waals surface area contributed by atoms with Gasteiger partial charge in [-0.05, 0) is 61.0 Å². The molecule has 0 amide bonds. The first-order valence-corrected chi connectivity index (χ1v) is 8.20. The molecular weight excluding hydrogens is 278 g/mol. The summed E-state index contributed by atoms with van der Waals surface area (Å²) >= 11 is 5.30. The van der Waals surface area contributed by atoms with Crippen molar-refractivity contribution in [3.05, 3.63) is 29.8 Å². The molecule has 0 aromatic heterocycles. The van der Waals surface area contributed by atoms with E-state index in [0.717, 1.165) is 12.1 Å². The molecule has 114 valence electrons. The molecule has 4 heteroatoms. The largest absolute Gasteiger partial charge is 0.331 e. The van der Waals surface area contributed by atoms with Crippen molar-refractivity contribution in [3.8, 4) is 0 Å². The van der Waals surface area contributed by atoms with Crippen LogP contribution in [-0.2, 0) is 0 Å². The zero-order valence-electron chi connectivity index (χ0n) is 13.1. The number of nitrogens with zero attached hydrogens (tertiary/aromatic N) is 1. The summed E-state index contributed by atoms with van der Waals surface area (Å²) in [6.07, 6.45) is 4.87. The van der Waals surface area contributed by atoms with Crippen LogP contribution < -0.4 is 10.7 Å². The molecule has 1 aromatic carbocycles. The molecule has 0 saturated heterocycles. The van der Waals surface area contributed by atoms with Gasteiger partial charge in [-0.15, -0.1) is 0 Å². The number of thiocarbonyl (C=S) groups is 1. The summed E-state index contributed by atoms with van der Waals surface area (Å²) in [4.78, 5) is 0. The van der Waals surface area contributed by atoms with Crippen molar-refractivity contribution in [2.24, 2.45) is 11.0 Å². The number of anilines is 1. The Balaban J connectivity index is 1.88.